The molecule has 2 rings (SSSR count). The summed E-state index contributed by atoms with van der Waals surface area (Å²) in [5, 5.41) is 9.80. The highest BCUT2D eigenvalue weighted by atomic mass is 16.3. The van der Waals surface area contributed by atoms with E-state index in [0.717, 1.165) is 12.0 Å². The van der Waals surface area contributed by atoms with Crippen molar-refractivity contribution in [2.75, 3.05) is 0 Å². The van der Waals surface area contributed by atoms with E-state index < -0.39 is 5.41 Å². The summed E-state index contributed by atoms with van der Waals surface area (Å²) in [4.78, 5) is 0. The fourth-order valence-electron chi connectivity index (χ4n) is 1.95. The third-order valence-electron chi connectivity index (χ3n) is 2.87. The van der Waals surface area contributed by atoms with Gasteiger partial charge < -0.3 is 5.11 Å². The second kappa shape index (κ2) is 3.77. The Kier molecular flexibility index (Phi) is 2.46. The largest absolute Gasteiger partial charge is 0.512 e. The van der Waals surface area contributed by atoms with E-state index in [1.165, 1.54) is 0 Å². The maximum absolute atomic E-state index is 9.80. The lowest BCUT2D eigenvalue weighted by molar-refractivity contribution is 0.330. The van der Waals surface area contributed by atoms with Crippen molar-refractivity contribution in [2.45, 2.75) is 11.8 Å². The Labute approximate surface area is 90.1 Å². The van der Waals surface area contributed by atoms with E-state index in [1.807, 2.05) is 48.6 Å². The van der Waals surface area contributed by atoms with Crippen molar-refractivity contribution in [1.29, 1.82) is 0 Å². The molecule has 1 atom stereocenters. The maximum Gasteiger partial charge on any atom is 0.0997 e. The number of rotatable bonds is 2. The van der Waals surface area contributed by atoms with Crippen LogP contribution in [0.1, 0.15) is 12.0 Å². The van der Waals surface area contributed by atoms with Crippen LogP contribution in [0.5, 0.6) is 0 Å². The van der Waals surface area contributed by atoms with Crippen LogP contribution in [0.4, 0.5) is 0 Å². The molecule has 0 aliphatic heterocycles. The maximum atomic E-state index is 9.80. The number of hydrogen-bond acceptors (Lipinski definition) is 1. The van der Waals surface area contributed by atoms with E-state index >= 15 is 0 Å². The molecule has 0 spiro atoms. The lowest BCUT2D eigenvalue weighted by Crippen LogP contribution is -2.26. The molecule has 1 aliphatic carbocycles. The van der Waals surface area contributed by atoms with Gasteiger partial charge in [-0.25, -0.2) is 0 Å². The first-order chi connectivity index (χ1) is 7.26. The van der Waals surface area contributed by atoms with Crippen molar-refractivity contribution in [1.82, 2.24) is 0 Å². The first kappa shape index (κ1) is 9.78. The van der Waals surface area contributed by atoms with Gasteiger partial charge in [0.15, 0.2) is 0 Å². The number of aliphatic hydroxyl groups is 1. The molecule has 15 heavy (non-hydrogen) atoms. The molecular weight excluding hydrogens is 184 g/mol. The Morgan fingerprint density at radius 2 is 1.93 bits per heavy atom. The van der Waals surface area contributed by atoms with Gasteiger partial charge in [-0.05, 0) is 12.0 Å². The zero-order valence-electron chi connectivity index (χ0n) is 8.56. The smallest absolute Gasteiger partial charge is 0.0997 e. The van der Waals surface area contributed by atoms with Crippen molar-refractivity contribution >= 4 is 0 Å². The summed E-state index contributed by atoms with van der Waals surface area (Å²) in [5.74, 6) is 0.203. The highest BCUT2D eigenvalue weighted by Gasteiger charge is 2.32. The van der Waals surface area contributed by atoms with Crippen LogP contribution in [-0.4, -0.2) is 5.11 Å². The van der Waals surface area contributed by atoms with Crippen LogP contribution in [0.2, 0.25) is 0 Å². The lowest BCUT2D eigenvalue weighted by Gasteiger charge is -2.30. The van der Waals surface area contributed by atoms with E-state index in [4.69, 9.17) is 0 Å². The Bertz CT molecular complexity index is 414. The van der Waals surface area contributed by atoms with Gasteiger partial charge in [-0.1, -0.05) is 61.2 Å². The molecule has 0 heterocycles. The molecule has 1 aromatic carbocycles. The summed E-state index contributed by atoms with van der Waals surface area (Å²) < 4.78 is 0. The molecule has 1 aliphatic rings. The Morgan fingerprint density at radius 3 is 2.47 bits per heavy atom. The van der Waals surface area contributed by atoms with Crippen LogP contribution >= 0.6 is 0 Å². The van der Waals surface area contributed by atoms with Crippen LogP contribution in [-0.2, 0) is 5.41 Å². The fraction of sp³-hybridized carbons (Fsp3) is 0.143. The SMILES string of the molecule is C=C(O)C1(c2ccccc2)C=CC=CC1. The third-order valence-corrected chi connectivity index (χ3v) is 2.87. The highest BCUT2D eigenvalue weighted by molar-refractivity contribution is 5.42. The molecule has 1 aromatic rings. The van der Waals surface area contributed by atoms with Gasteiger partial charge in [-0.15, -0.1) is 0 Å². The molecule has 0 bridgehead atoms. The fourth-order valence-corrected chi connectivity index (χ4v) is 1.95. The predicted octanol–water partition coefficient (Wildman–Crippen LogP) is 3.51. The van der Waals surface area contributed by atoms with Crippen molar-refractivity contribution in [2.24, 2.45) is 0 Å². The van der Waals surface area contributed by atoms with Crippen LogP contribution in [0.25, 0.3) is 0 Å². The van der Waals surface area contributed by atoms with Gasteiger partial charge in [0.25, 0.3) is 0 Å². The van der Waals surface area contributed by atoms with E-state index in [0.29, 0.717) is 0 Å². The number of benzene rings is 1. The molecule has 0 saturated carbocycles. The van der Waals surface area contributed by atoms with E-state index in [1.54, 1.807) is 0 Å². The van der Waals surface area contributed by atoms with Crippen LogP contribution in [0, 0.1) is 0 Å². The molecule has 0 saturated heterocycles. The second-order valence-corrected chi connectivity index (χ2v) is 3.78. The average molecular weight is 198 g/mol. The molecule has 1 unspecified atom stereocenters. The van der Waals surface area contributed by atoms with Crippen molar-refractivity contribution < 1.29 is 5.11 Å². The number of aliphatic hydroxyl groups excluding tert-OH is 1. The van der Waals surface area contributed by atoms with E-state index in [-0.39, 0.29) is 5.76 Å². The van der Waals surface area contributed by atoms with Gasteiger partial charge in [0.1, 0.15) is 0 Å². The molecular formula is C14H14O. The molecule has 1 N–H and O–H groups in total. The summed E-state index contributed by atoms with van der Waals surface area (Å²) in [7, 11) is 0. The molecule has 0 aromatic heterocycles. The Balaban J connectivity index is 2.49. The predicted molar refractivity (Wildman–Crippen MR) is 62.8 cm³/mol. The van der Waals surface area contributed by atoms with Crippen molar-refractivity contribution in [3.05, 3.63) is 72.5 Å². The van der Waals surface area contributed by atoms with Crippen LogP contribution < -0.4 is 0 Å². The summed E-state index contributed by atoms with van der Waals surface area (Å²) in [5.41, 5.74) is 0.647. The first-order valence-electron chi connectivity index (χ1n) is 5.04. The third kappa shape index (κ3) is 1.61. The molecule has 0 radical (unpaired) electrons. The summed E-state index contributed by atoms with van der Waals surface area (Å²) in [6, 6.07) is 9.97. The second-order valence-electron chi connectivity index (χ2n) is 3.78. The normalized spacial score (nSPS) is 24.0. The Hall–Kier alpha value is -1.76. The zero-order valence-corrected chi connectivity index (χ0v) is 8.56. The summed E-state index contributed by atoms with van der Waals surface area (Å²) in [6.07, 6.45) is 8.77. The van der Waals surface area contributed by atoms with Gasteiger partial charge >= 0.3 is 0 Å². The minimum Gasteiger partial charge on any atom is -0.512 e. The zero-order chi connectivity index (χ0) is 10.7. The lowest BCUT2D eigenvalue weighted by atomic mass is 9.74. The molecule has 1 heteroatoms. The highest BCUT2D eigenvalue weighted by Crippen LogP contribution is 2.37. The Morgan fingerprint density at radius 1 is 1.20 bits per heavy atom. The summed E-state index contributed by atoms with van der Waals surface area (Å²) >= 11 is 0. The molecule has 76 valence electrons. The minimum absolute atomic E-state index is 0.203. The quantitative estimate of drug-likeness (QED) is 0.721. The number of allylic oxidation sites excluding steroid dienone is 4. The van der Waals surface area contributed by atoms with Crippen molar-refractivity contribution in [3.8, 4) is 0 Å². The van der Waals surface area contributed by atoms with E-state index in [2.05, 4.69) is 12.7 Å². The van der Waals surface area contributed by atoms with Gasteiger partial charge in [0.05, 0.1) is 11.2 Å². The van der Waals surface area contributed by atoms with Crippen LogP contribution in [0.15, 0.2) is 67.0 Å². The van der Waals surface area contributed by atoms with Gasteiger partial charge in [0.2, 0.25) is 0 Å². The topological polar surface area (TPSA) is 20.2 Å². The average Bonchev–Trinajstić information content (AvgIpc) is 2.31. The first-order valence-corrected chi connectivity index (χ1v) is 5.04. The molecule has 0 fully saturated rings. The number of hydrogen-bond donors (Lipinski definition) is 1. The monoisotopic (exact) mass is 198 g/mol. The summed E-state index contributed by atoms with van der Waals surface area (Å²) in [6.45, 7) is 3.70. The standard InChI is InChI=1S/C14H14O/c1-12(15)14(10-6-3-7-11-14)13-8-4-2-5-9-13/h2-10,15H,1,11H2. The van der Waals surface area contributed by atoms with Gasteiger partial charge in [-0.3, -0.25) is 0 Å². The van der Waals surface area contributed by atoms with Gasteiger partial charge in [0, 0.05) is 0 Å². The van der Waals surface area contributed by atoms with Crippen molar-refractivity contribution in [3.63, 3.8) is 0 Å². The van der Waals surface area contributed by atoms with Gasteiger partial charge in [-0.2, -0.15) is 0 Å². The molecule has 1 nitrogen and oxygen atoms in total. The molecule has 0 amide bonds. The van der Waals surface area contributed by atoms with E-state index in [9.17, 15) is 5.11 Å². The minimum atomic E-state index is -0.435. The van der Waals surface area contributed by atoms with Crippen LogP contribution in [0.3, 0.4) is 0 Å².